The van der Waals surface area contributed by atoms with Crippen molar-refractivity contribution in [3.63, 3.8) is 0 Å². The Hall–Kier alpha value is -1.51. The first-order valence-corrected chi connectivity index (χ1v) is 6.10. The van der Waals surface area contributed by atoms with Crippen molar-refractivity contribution in [3.8, 4) is 0 Å². The number of hydrogen-bond acceptors (Lipinski definition) is 3. The summed E-state index contributed by atoms with van der Waals surface area (Å²) < 4.78 is 38.3. The normalized spacial score (nSPS) is 20.4. The zero-order chi connectivity index (χ0) is 15.6. The van der Waals surface area contributed by atoms with Gasteiger partial charge in [-0.2, -0.15) is 13.2 Å². The van der Waals surface area contributed by atoms with Gasteiger partial charge in [0.15, 0.2) is 0 Å². The van der Waals surface area contributed by atoms with Gasteiger partial charge in [-0.1, -0.05) is 0 Å². The maximum atomic E-state index is 12.8. The van der Waals surface area contributed by atoms with Crippen LogP contribution >= 0.6 is 0 Å². The second kappa shape index (κ2) is 5.86. The summed E-state index contributed by atoms with van der Waals surface area (Å²) in [5, 5.41) is 19.2. The molecule has 1 unspecified atom stereocenters. The fourth-order valence-corrected chi connectivity index (χ4v) is 1.86. The second-order valence-electron chi connectivity index (χ2n) is 4.97. The molecule has 6 nitrogen and oxygen atoms in total. The molecule has 1 saturated heterocycles. The van der Waals surface area contributed by atoms with Gasteiger partial charge in [-0.3, -0.25) is 0 Å². The number of alkyl halides is 3. The number of likely N-dealkylation sites (tertiary alicyclic amines) is 1. The highest BCUT2D eigenvalue weighted by molar-refractivity contribution is 5.86. The van der Waals surface area contributed by atoms with Crippen LogP contribution in [0.15, 0.2) is 0 Å². The third-order valence-corrected chi connectivity index (χ3v) is 3.51. The number of aliphatic hydroxyl groups is 1. The molecule has 1 aliphatic heterocycles. The number of carboxylic acids is 1. The molecule has 0 aromatic carbocycles. The van der Waals surface area contributed by atoms with Crippen LogP contribution in [-0.2, 0) is 4.79 Å². The van der Waals surface area contributed by atoms with Crippen LogP contribution in [0.4, 0.5) is 18.0 Å². The third-order valence-electron chi connectivity index (χ3n) is 3.51. The maximum Gasteiger partial charge on any atom is 0.422 e. The molecule has 1 heterocycles. The Balaban J connectivity index is 2.71. The van der Waals surface area contributed by atoms with Crippen molar-refractivity contribution in [1.82, 2.24) is 10.2 Å². The zero-order valence-electron chi connectivity index (χ0n) is 10.9. The fraction of sp³-hybridized carbons (Fsp3) is 0.818. The highest BCUT2D eigenvalue weighted by Gasteiger charge is 2.58. The predicted octanol–water partition coefficient (Wildman–Crippen LogP) is 0.806. The lowest BCUT2D eigenvalue weighted by molar-refractivity contribution is -0.203. The molecule has 0 bridgehead atoms. The van der Waals surface area contributed by atoms with E-state index in [2.05, 4.69) is 0 Å². The van der Waals surface area contributed by atoms with Gasteiger partial charge in [0.25, 0.3) is 0 Å². The molecule has 1 atom stereocenters. The van der Waals surface area contributed by atoms with Gasteiger partial charge in [-0.05, 0) is 25.7 Å². The summed E-state index contributed by atoms with van der Waals surface area (Å²) in [6.07, 6.45) is -4.16. The molecular weight excluding hydrogens is 281 g/mol. The van der Waals surface area contributed by atoms with E-state index in [0.29, 0.717) is 19.8 Å². The number of halogens is 3. The Morgan fingerprint density at radius 1 is 1.30 bits per heavy atom. The molecule has 9 heteroatoms. The van der Waals surface area contributed by atoms with Crippen molar-refractivity contribution in [2.24, 2.45) is 5.92 Å². The lowest BCUT2D eigenvalue weighted by Crippen LogP contribution is -2.64. The van der Waals surface area contributed by atoms with E-state index in [9.17, 15) is 22.8 Å². The van der Waals surface area contributed by atoms with Crippen LogP contribution in [0, 0.1) is 5.92 Å². The van der Waals surface area contributed by atoms with Crippen LogP contribution in [0.3, 0.4) is 0 Å². The molecule has 0 aliphatic carbocycles. The third kappa shape index (κ3) is 3.33. The number of carbonyl (C=O) groups excluding carboxylic acids is 1. The number of carbonyl (C=O) groups is 2. The molecule has 0 radical (unpaired) electrons. The summed E-state index contributed by atoms with van der Waals surface area (Å²) >= 11 is 0. The van der Waals surface area contributed by atoms with Crippen LogP contribution in [0.5, 0.6) is 0 Å². The lowest BCUT2D eigenvalue weighted by atomic mass is 9.98. The minimum atomic E-state index is -5.10. The summed E-state index contributed by atoms with van der Waals surface area (Å²) in [4.78, 5) is 23.7. The average Bonchev–Trinajstić information content (AvgIpc) is 2.37. The number of aliphatic hydroxyl groups excluding tert-OH is 1. The SMILES string of the molecule is CC(NC(=O)N1CCC(CO)CC1)(C(=O)O)C(F)(F)F. The predicted molar refractivity (Wildman–Crippen MR) is 62.0 cm³/mol. The minimum absolute atomic E-state index is 0.0209. The summed E-state index contributed by atoms with van der Waals surface area (Å²) in [7, 11) is 0. The highest BCUT2D eigenvalue weighted by atomic mass is 19.4. The van der Waals surface area contributed by atoms with Crippen molar-refractivity contribution in [1.29, 1.82) is 0 Å². The highest BCUT2D eigenvalue weighted by Crippen LogP contribution is 2.30. The lowest BCUT2D eigenvalue weighted by Gasteiger charge is -2.35. The molecule has 3 N–H and O–H groups in total. The number of hydrogen-bond donors (Lipinski definition) is 3. The van der Waals surface area contributed by atoms with E-state index in [4.69, 9.17) is 10.2 Å². The molecule has 0 aromatic rings. The molecule has 0 spiro atoms. The topological polar surface area (TPSA) is 89.9 Å². The molecule has 116 valence electrons. The number of rotatable bonds is 3. The molecule has 20 heavy (non-hydrogen) atoms. The van der Waals surface area contributed by atoms with Crippen LogP contribution in [0.1, 0.15) is 19.8 Å². The number of aliphatic carboxylic acids is 1. The van der Waals surface area contributed by atoms with E-state index in [-0.39, 0.29) is 25.6 Å². The van der Waals surface area contributed by atoms with E-state index >= 15 is 0 Å². The minimum Gasteiger partial charge on any atom is -0.479 e. The number of urea groups is 1. The van der Waals surface area contributed by atoms with E-state index in [1.807, 2.05) is 0 Å². The smallest absolute Gasteiger partial charge is 0.422 e. The molecule has 1 fully saturated rings. The Morgan fingerprint density at radius 2 is 1.80 bits per heavy atom. The number of carboxylic acid groups (broad SMARTS) is 1. The average molecular weight is 298 g/mol. The standard InChI is InChI=1S/C11H17F3N2O4/c1-10(8(18)19,11(12,13)14)15-9(20)16-4-2-7(6-17)3-5-16/h7,17H,2-6H2,1H3,(H,15,20)(H,18,19). The first-order chi connectivity index (χ1) is 9.11. The molecule has 0 saturated carbocycles. The van der Waals surface area contributed by atoms with Crippen LogP contribution in [-0.4, -0.2) is 58.5 Å². The Bertz CT molecular complexity index is 380. The van der Waals surface area contributed by atoms with Gasteiger partial charge in [-0.25, -0.2) is 9.59 Å². The first-order valence-electron chi connectivity index (χ1n) is 6.10. The van der Waals surface area contributed by atoms with Gasteiger partial charge in [0, 0.05) is 19.7 Å². The molecule has 1 rings (SSSR count). The van der Waals surface area contributed by atoms with Crippen molar-refractivity contribution in [2.75, 3.05) is 19.7 Å². The molecule has 1 aliphatic rings. The van der Waals surface area contributed by atoms with Gasteiger partial charge < -0.3 is 20.4 Å². The molecular formula is C11H17F3N2O4. The largest absolute Gasteiger partial charge is 0.479 e. The van der Waals surface area contributed by atoms with Gasteiger partial charge in [0.05, 0.1) is 0 Å². The van der Waals surface area contributed by atoms with Gasteiger partial charge >= 0.3 is 18.2 Å². The molecule has 2 amide bonds. The van der Waals surface area contributed by atoms with Gasteiger partial charge in [-0.15, -0.1) is 0 Å². The van der Waals surface area contributed by atoms with Crippen LogP contribution < -0.4 is 5.32 Å². The Kier molecular flexibility index (Phi) is 4.85. The fourth-order valence-electron chi connectivity index (χ4n) is 1.86. The van der Waals surface area contributed by atoms with E-state index in [0.717, 1.165) is 4.90 Å². The van der Waals surface area contributed by atoms with E-state index in [1.54, 1.807) is 0 Å². The Morgan fingerprint density at radius 3 is 2.15 bits per heavy atom. The summed E-state index contributed by atoms with van der Waals surface area (Å²) in [6, 6.07) is -1.07. The maximum absolute atomic E-state index is 12.8. The summed E-state index contributed by atoms with van der Waals surface area (Å²) in [6.45, 7) is 0.744. The van der Waals surface area contributed by atoms with Crippen molar-refractivity contribution in [3.05, 3.63) is 0 Å². The number of nitrogens with one attached hydrogen (secondary N) is 1. The number of nitrogens with zero attached hydrogens (tertiary/aromatic N) is 1. The van der Waals surface area contributed by atoms with Gasteiger partial charge in [0.2, 0.25) is 5.54 Å². The van der Waals surface area contributed by atoms with Gasteiger partial charge in [0.1, 0.15) is 0 Å². The van der Waals surface area contributed by atoms with Crippen molar-refractivity contribution < 1.29 is 33.0 Å². The summed E-state index contributed by atoms with van der Waals surface area (Å²) in [5.74, 6) is -2.14. The van der Waals surface area contributed by atoms with Crippen LogP contribution in [0.25, 0.3) is 0 Å². The molecule has 0 aromatic heterocycles. The summed E-state index contributed by atoms with van der Waals surface area (Å²) in [5.41, 5.74) is -3.32. The van der Waals surface area contributed by atoms with E-state index < -0.39 is 23.7 Å². The van der Waals surface area contributed by atoms with Crippen molar-refractivity contribution >= 4 is 12.0 Å². The monoisotopic (exact) mass is 298 g/mol. The second-order valence-corrected chi connectivity index (χ2v) is 4.97. The first kappa shape index (κ1) is 16.5. The quantitative estimate of drug-likeness (QED) is 0.719. The number of piperidine rings is 1. The zero-order valence-corrected chi connectivity index (χ0v) is 10.9. The number of amides is 2. The van der Waals surface area contributed by atoms with Crippen molar-refractivity contribution in [2.45, 2.75) is 31.5 Å². The Labute approximate surface area is 113 Å². The van der Waals surface area contributed by atoms with E-state index in [1.165, 1.54) is 5.32 Å². The van der Waals surface area contributed by atoms with Crippen LogP contribution in [0.2, 0.25) is 0 Å².